The molecule has 1 aliphatic heterocycles. The third kappa shape index (κ3) is 3.63. The van der Waals surface area contributed by atoms with Crippen molar-refractivity contribution in [2.75, 3.05) is 23.0 Å². The molecule has 2 aromatic heterocycles. The van der Waals surface area contributed by atoms with E-state index in [0.29, 0.717) is 6.42 Å². The zero-order valence-corrected chi connectivity index (χ0v) is 16.2. The summed E-state index contributed by atoms with van der Waals surface area (Å²) in [6.45, 7) is 0. The van der Waals surface area contributed by atoms with Crippen LogP contribution in [0.3, 0.4) is 0 Å². The molecule has 1 atom stereocenters. The summed E-state index contributed by atoms with van der Waals surface area (Å²) in [6.07, 6.45) is 1.95. The Morgan fingerprint density at radius 1 is 1.29 bits per heavy atom. The van der Waals surface area contributed by atoms with Gasteiger partial charge in [-0.1, -0.05) is 11.8 Å². The highest BCUT2D eigenvalue weighted by Gasteiger charge is 2.33. The molecule has 4 rings (SSSR count). The molecule has 3 heterocycles. The Balaban J connectivity index is 1.48. The maximum absolute atomic E-state index is 12.5. The van der Waals surface area contributed by atoms with Crippen molar-refractivity contribution in [3.05, 3.63) is 32.3 Å². The number of Topliss-reactive ketones (excluding diaryl/α,β-unsaturated/α-hetero) is 1. The molecule has 0 amide bonds. The Hall–Kier alpha value is -2.41. The highest BCUT2D eigenvalue weighted by Crippen LogP contribution is 2.35. The molecule has 2 aliphatic rings. The lowest BCUT2D eigenvalue weighted by atomic mass is 10.1. The molecule has 2 aromatic rings. The molecule has 3 N–H and O–H groups in total. The molecule has 0 aromatic carbocycles. The molecule has 1 saturated heterocycles. The average molecular weight is 427 g/mol. The number of nitrogen functional groups attached to an aromatic ring is 1. The molecule has 1 unspecified atom stereocenters. The molecule has 13 heteroatoms. The number of aromatic amines is 1. The van der Waals surface area contributed by atoms with Gasteiger partial charge in [-0.05, 0) is 19.3 Å². The third-order valence-corrected chi connectivity index (χ3v) is 7.29. The minimum absolute atomic E-state index is 0.0349. The van der Waals surface area contributed by atoms with Crippen LogP contribution in [-0.2, 0) is 9.84 Å². The summed E-state index contributed by atoms with van der Waals surface area (Å²) in [5.41, 5.74) is 4.20. The fraction of sp³-hybridized carbons (Fsp3) is 0.533. The van der Waals surface area contributed by atoms with E-state index >= 15 is 0 Å². The summed E-state index contributed by atoms with van der Waals surface area (Å²) in [4.78, 5) is 38.6. The van der Waals surface area contributed by atoms with Crippen molar-refractivity contribution < 1.29 is 17.6 Å². The van der Waals surface area contributed by atoms with Gasteiger partial charge >= 0.3 is 5.69 Å². The standard InChI is InChI=1S/C15H17N5O6S2/c16-11-10(12(22)17-14(23)20(11)8-1-2-8)9(21)5-27-15-19-18-13(26-15)7-3-4-28(24,25)6-7/h7-8H,1-6,16H2,(H,17,22,23). The molecule has 2 fully saturated rings. The molecule has 1 saturated carbocycles. The largest absolute Gasteiger partial charge is 0.416 e. The number of hydrogen-bond donors (Lipinski definition) is 2. The van der Waals surface area contributed by atoms with E-state index in [1.807, 2.05) is 0 Å². The van der Waals surface area contributed by atoms with E-state index in [1.54, 1.807) is 0 Å². The van der Waals surface area contributed by atoms with Crippen LogP contribution in [0.5, 0.6) is 0 Å². The minimum Gasteiger partial charge on any atom is -0.416 e. The Bertz CT molecular complexity index is 1160. The molecular formula is C15H17N5O6S2. The number of H-pyrrole nitrogens is 1. The lowest BCUT2D eigenvalue weighted by Gasteiger charge is -2.10. The molecule has 150 valence electrons. The van der Waals surface area contributed by atoms with Gasteiger partial charge in [0.15, 0.2) is 15.6 Å². The normalized spacial score (nSPS) is 21.1. The van der Waals surface area contributed by atoms with Gasteiger partial charge in [0.05, 0.1) is 23.2 Å². The number of anilines is 1. The Morgan fingerprint density at radius 3 is 2.68 bits per heavy atom. The van der Waals surface area contributed by atoms with Gasteiger partial charge in [0.1, 0.15) is 11.4 Å². The SMILES string of the molecule is Nc1c(C(=O)CSc2nnc(C3CCS(=O)(=O)C3)o2)c(=O)[nH]c(=O)n1C1CC1. The second-order valence-corrected chi connectivity index (χ2v) is 9.99. The van der Waals surface area contributed by atoms with Crippen molar-refractivity contribution in [3.63, 3.8) is 0 Å². The van der Waals surface area contributed by atoms with Crippen molar-refractivity contribution in [2.24, 2.45) is 0 Å². The first-order chi connectivity index (χ1) is 13.2. The molecule has 0 bridgehead atoms. The number of aromatic nitrogens is 4. The fourth-order valence-corrected chi connectivity index (χ4v) is 5.54. The van der Waals surface area contributed by atoms with E-state index < -0.39 is 26.9 Å². The zero-order chi connectivity index (χ0) is 20.1. The summed E-state index contributed by atoms with van der Waals surface area (Å²) in [6, 6.07) is -0.0928. The van der Waals surface area contributed by atoms with Crippen molar-refractivity contribution in [2.45, 2.75) is 36.4 Å². The van der Waals surface area contributed by atoms with Crippen LogP contribution >= 0.6 is 11.8 Å². The second kappa shape index (κ2) is 6.88. The molecular weight excluding hydrogens is 410 g/mol. The first kappa shape index (κ1) is 18.9. The summed E-state index contributed by atoms with van der Waals surface area (Å²) < 4.78 is 29.8. The van der Waals surface area contributed by atoms with E-state index in [1.165, 1.54) is 4.57 Å². The summed E-state index contributed by atoms with van der Waals surface area (Å²) in [5.74, 6) is -0.975. The third-order valence-electron chi connectivity index (χ3n) is 4.70. The number of ketones is 1. The van der Waals surface area contributed by atoms with Crippen LogP contribution in [0.15, 0.2) is 19.2 Å². The number of nitrogens with one attached hydrogen (secondary N) is 1. The van der Waals surface area contributed by atoms with E-state index in [4.69, 9.17) is 10.2 Å². The van der Waals surface area contributed by atoms with Gasteiger partial charge in [-0.3, -0.25) is 19.1 Å². The first-order valence-electron chi connectivity index (χ1n) is 8.59. The topological polar surface area (TPSA) is 171 Å². The lowest BCUT2D eigenvalue weighted by Crippen LogP contribution is -2.36. The van der Waals surface area contributed by atoms with Gasteiger partial charge in [-0.2, -0.15) is 0 Å². The van der Waals surface area contributed by atoms with Crippen LogP contribution in [0.4, 0.5) is 5.82 Å². The Morgan fingerprint density at radius 2 is 2.04 bits per heavy atom. The smallest absolute Gasteiger partial charge is 0.330 e. The summed E-state index contributed by atoms with van der Waals surface area (Å²) in [7, 11) is -3.08. The number of rotatable bonds is 6. The van der Waals surface area contributed by atoms with E-state index in [2.05, 4.69) is 15.2 Å². The monoisotopic (exact) mass is 427 g/mol. The van der Waals surface area contributed by atoms with E-state index in [0.717, 1.165) is 24.6 Å². The zero-order valence-electron chi connectivity index (χ0n) is 14.6. The van der Waals surface area contributed by atoms with Gasteiger partial charge in [0.25, 0.3) is 10.8 Å². The van der Waals surface area contributed by atoms with Crippen molar-refractivity contribution in [1.29, 1.82) is 0 Å². The summed E-state index contributed by atoms with van der Waals surface area (Å²) >= 11 is 0.919. The number of carbonyl (C=O) groups excluding carboxylic acids is 1. The summed E-state index contributed by atoms with van der Waals surface area (Å²) in [5, 5.41) is 7.77. The number of nitrogens with zero attached hydrogens (tertiary/aromatic N) is 3. The minimum atomic E-state index is -3.08. The first-order valence-corrected chi connectivity index (χ1v) is 11.4. The molecule has 0 spiro atoms. The second-order valence-electron chi connectivity index (χ2n) is 6.84. The molecule has 1 aliphatic carbocycles. The predicted molar refractivity (Wildman–Crippen MR) is 99.4 cm³/mol. The fourth-order valence-electron chi connectivity index (χ4n) is 3.16. The van der Waals surface area contributed by atoms with Crippen LogP contribution in [0, 0.1) is 0 Å². The molecule has 0 radical (unpaired) electrons. The lowest BCUT2D eigenvalue weighted by molar-refractivity contribution is 0.102. The van der Waals surface area contributed by atoms with Crippen molar-refractivity contribution >= 4 is 33.2 Å². The van der Waals surface area contributed by atoms with Crippen LogP contribution < -0.4 is 17.0 Å². The predicted octanol–water partition coefficient (Wildman–Crippen LogP) is -0.286. The number of hydrogen-bond acceptors (Lipinski definition) is 10. The molecule has 11 nitrogen and oxygen atoms in total. The maximum atomic E-state index is 12.5. The Kier molecular flexibility index (Phi) is 4.65. The molecule has 28 heavy (non-hydrogen) atoms. The van der Waals surface area contributed by atoms with Crippen molar-refractivity contribution in [3.8, 4) is 0 Å². The van der Waals surface area contributed by atoms with Gasteiger partial charge in [0, 0.05) is 6.04 Å². The quantitative estimate of drug-likeness (QED) is 0.461. The number of thioether (sulfide) groups is 1. The van der Waals surface area contributed by atoms with Crippen molar-refractivity contribution in [1.82, 2.24) is 19.7 Å². The van der Waals surface area contributed by atoms with Crippen LogP contribution in [-0.4, -0.2) is 51.2 Å². The van der Waals surface area contributed by atoms with Gasteiger partial charge in [0.2, 0.25) is 5.89 Å². The number of carbonyl (C=O) groups is 1. The average Bonchev–Trinajstić information content (AvgIpc) is 3.20. The van der Waals surface area contributed by atoms with E-state index in [-0.39, 0.29) is 51.7 Å². The number of sulfone groups is 1. The van der Waals surface area contributed by atoms with E-state index in [9.17, 15) is 22.8 Å². The van der Waals surface area contributed by atoms with Crippen LogP contribution in [0.1, 0.15) is 47.5 Å². The van der Waals surface area contributed by atoms with Gasteiger partial charge in [-0.15, -0.1) is 10.2 Å². The highest BCUT2D eigenvalue weighted by molar-refractivity contribution is 7.99. The number of nitrogens with two attached hydrogens (primary N) is 1. The van der Waals surface area contributed by atoms with Gasteiger partial charge < -0.3 is 10.2 Å². The Labute approximate surface area is 162 Å². The highest BCUT2D eigenvalue weighted by atomic mass is 32.2. The van der Waals surface area contributed by atoms with Gasteiger partial charge in [-0.25, -0.2) is 13.2 Å². The maximum Gasteiger partial charge on any atom is 0.330 e. The van der Waals surface area contributed by atoms with Crippen LogP contribution in [0.2, 0.25) is 0 Å². The van der Waals surface area contributed by atoms with Crippen LogP contribution in [0.25, 0.3) is 0 Å².